The predicted octanol–water partition coefficient (Wildman–Crippen LogP) is 3.45. The summed E-state index contributed by atoms with van der Waals surface area (Å²) >= 11 is 0. The molecule has 0 amide bonds. The Balaban J connectivity index is 1.56. The molecular formula is C23H24N2O5S. The van der Waals surface area contributed by atoms with Crippen molar-refractivity contribution in [1.82, 2.24) is 8.87 Å². The van der Waals surface area contributed by atoms with E-state index < -0.39 is 16.1 Å². The Labute approximate surface area is 181 Å². The molecule has 0 saturated carbocycles. The zero-order valence-electron chi connectivity index (χ0n) is 17.2. The first-order valence-electron chi connectivity index (χ1n) is 10.4. The van der Waals surface area contributed by atoms with Crippen LogP contribution in [0.3, 0.4) is 0 Å². The van der Waals surface area contributed by atoms with Gasteiger partial charge in [0.15, 0.2) is 11.5 Å². The zero-order valence-corrected chi connectivity index (χ0v) is 18.0. The predicted molar refractivity (Wildman–Crippen MR) is 115 cm³/mol. The highest BCUT2D eigenvalue weighted by atomic mass is 32.2. The van der Waals surface area contributed by atoms with Gasteiger partial charge in [-0.15, -0.1) is 0 Å². The summed E-state index contributed by atoms with van der Waals surface area (Å²) in [7, 11) is -3.78. The normalized spacial score (nSPS) is 18.4. The minimum atomic E-state index is -3.78. The number of ether oxygens (including phenoxy) is 3. The molecule has 8 heteroatoms. The Morgan fingerprint density at radius 3 is 2.55 bits per heavy atom. The van der Waals surface area contributed by atoms with Gasteiger partial charge in [0, 0.05) is 31.0 Å². The van der Waals surface area contributed by atoms with E-state index in [0.29, 0.717) is 44.4 Å². The fraction of sp³-hybridized carbons (Fsp3) is 0.304. The summed E-state index contributed by atoms with van der Waals surface area (Å²) < 4.78 is 47.9. The summed E-state index contributed by atoms with van der Waals surface area (Å²) in [4.78, 5) is 0.202. The van der Waals surface area contributed by atoms with Gasteiger partial charge < -0.3 is 18.8 Å². The van der Waals surface area contributed by atoms with Crippen molar-refractivity contribution in [2.75, 3.05) is 26.4 Å². The highest BCUT2D eigenvalue weighted by Gasteiger charge is 2.38. The molecule has 1 aromatic heterocycles. The molecular weight excluding hydrogens is 416 g/mol. The smallest absolute Gasteiger partial charge is 0.244 e. The molecule has 0 fully saturated rings. The van der Waals surface area contributed by atoms with Gasteiger partial charge in [-0.2, -0.15) is 4.31 Å². The molecule has 0 bridgehead atoms. The average molecular weight is 441 g/mol. The molecule has 2 aromatic carbocycles. The van der Waals surface area contributed by atoms with Gasteiger partial charge in [0.05, 0.1) is 17.5 Å². The van der Waals surface area contributed by atoms with E-state index in [1.807, 2.05) is 49.5 Å². The quantitative estimate of drug-likeness (QED) is 0.608. The Bertz CT molecular complexity index is 1190. The lowest BCUT2D eigenvalue weighted by Crippen LogP contribution is -2.42. The molecule has 1 atom stereocenters. The van der Waals surface area contributed by atoms with Crippen molar-refractivity contribution in [3.63, 3.8) is 0 Å². The third kappa shape index (κ3) is 3.55. The Hall–Kier alpha value is -2.97. The van der Waals surface area contributed by atoms with Gasteiger partial charge in [0.1, 0.15) is 19.0 Å². The van der Waals surface area contributed by atoms with E-state index in [2.05, 4.69) is 4.57 Å². The molecule has 162 valence electrons. The number of benzene rings is 2. The van der Waals surface area contributed by atoms with Crippen LogP contribution < -0.4 is 14.2 Å². The van der Waals surface area contributed by atoms with Crippen LogP contribution in [0.25, 0.3) is 0 Å². The lowest BCUT2D eigenvalue weighted by molar-refractivity contribution is 0.171. The van der Waals surface area contributed by atoms with Gasteiger partial charge in [-0.25, -0.2) is 8.42 Å². The summed E-state index contributed by atoms with van der Waals surface area (Å²) in [5, 5.41) is 0. The molecule has 0 spiro atoms. The molecule has 5 rings (SSSR count). The number of aromatic nitrogens is 1. The van der Waals surface area contributed by atoms with Crippen molar-refractivity contribution >= 4 is 10.0 Å². The number of nitrogens with zero attached hydrogens (tertiary/aromatic N) is 2. The van der Waals surface area contributed by atoms with Crippen LogP contribution in [0.5, 0.6) is 17.2 Å². The summed E-state index contributed by atoms with van der Waals surface area (Å²) in [5.41, 5.74) is 1.83. The summed E-state index contributed by atoms with van der Waals surface area (Å²) in [6.07, 6.45) is 1.99. The van der Waals surface area contributed by atoms with Crippen molar-refractivity contribution in [2.24, 2.45) is 0 Å². The van der Waals surface area contributed by atoms with E-state index >= 15 is 0 Å². The third-order valence-electron chi connectivity index (χ3n) is 5.62. The maximum atomic E-state index is 13.8. The first kappa shape index (κ1) is 20.0. The van der Waals surface area contributed by atoms with Gasteiger partial charge in [0.25, 0.3) is 0 Å². The SMILES string of the molecule is CCOc1ccc(C2c3cccn3CCN2S(=O)(=O)c2ccc3c(c2)OCCO3)cc1. The van der Waals surface area contributed by atoms with Crippen LogP contribution in [-0.2, 0) is 16.6 Å². The lowest BCUT2D eigenvalue weighted by atomic mass is 10.0. The molecule has 1 unspecified atom stereocenters. The van der Waals surface area contributed by atoms with Crippen LogP contribution in [0, 0.1) is 0 Å². The monoisotopic (exact) mass is 440 g/mol. The van der Waals surface area contributed by atoms with Crippen LogP contribution in [0.1, 0.15) is 24.2 Å². The summed E-state index contributed by atoms with van der Waals surface area (Å²) in [5.74, 6) is 1.80. The van der Waals surface area contributed by atoms with E-state index in [9.17, 15) is 8.42 Å². The van der Waals surface area contributed by atoms with Crippen molar-refractivity contribution in [2.45, 2.75) is 24.4 Å². The first-order valence-corrected chi connectivity index (χ1v) is 11.8. The highest BCUT2D eigenvalue weighted by Crippen LogP contribution is 2.39. The van der Waals surface area contributed by atoms with Crippen molar-refractivity contribution in [3.8, 4) is 17.2 Å². The van der Waals surface area contributed by atoms with Crippen LogP contribution in [-0.4, -0.2) is 43.7 Å². The molecule has 0 aliphatic carbocycles. The van der Waals surface area contributed by atoms with Gasteiger partial charge >= 0.3 is 0 Å². The molecule has 0 radical (unpaired) electrons. The number of sulfonamides is 1. The van der Waals surface area contributed by atoms with Gasteiger partial charge in [-0.3, -0.25) is 0 Å². The van der Waals surface area contributed by atoms with Crippen LogP contribution in [0.15, 0.2) is 65.7 Å². The molecule has 3 aromatic rings. The van der Waals surface area contributed by atoms with Gasteiger partial charge in [0.2, 0.25) is 10.0 Å². The molecule has 31 heavy (non-hydrogen) atoms. The van der Waals surface area contributed by atoms with Crippen LogP contribution >= 0.6 is 0 Å². The van der Waals surface area contributed by atoms with Crippen molar-refractivity contribution < 1.29 is 22.6 Å². The maximum Gasteiger partial charge on any atom is 0.244 e. The topological polar surface area (TPSA) is 70.0 Å². The van der Waals surface area contributed by atoms with Gasteiger partial charge in [-0.1, -0.05) is 12.1 Å². The van der Waals surface area contributed by atoms with Crippen molar-refractivity contribution in [3.05, 3.63) is 72.1 Å². The number of hydrogen-bond acceptors (Lipinski definition) is 5. The molecule has 7 nitrogen and oxygen atoms in total. The fourth-order valence-corrected chi connectivity index (χ4v) is 5.79. The molecule has 2 aliphatic rings. The van der Waals surface area contributed by atoms with Crippen molar-refractivity contribution in [1.29, 1.82) is 0 Å². The molecule has 0 N–H and O–H groups in total. The molecule has 2 aliphatic heterocycles. The minimum absolute atomic E-state index is 0.202. The highest BCUT2D eigenvalue weighted by molar-refractivity contribution is 7.89. The summed E-state index contributed by atoms with van der Waals surface area (Å²) in [6.45, 7) is 4.35. The third-order valence-corrected chi connectivity index (χ3v) is 7.48. The summed E-state index contributed by atoms with van der Waals surface area (Å²) in [6, 6.07) is 16.0. The van der Waals surface area contributed by atoms with Crippen LogP contribution in [0.2, 0.25) is 0 Å². The maximum absolute atomic E-state index is 13.8. The number of fused-ring (bicyclic) bond motifs is 2. The van der Waals surface area contributed by atoms with E-state index in [0.717, 1.165) is 17.0 Å². The van der Waals surface area contributed by atoms with E-state index in [1.54, 1.807) is 22.5 Å². The second kappa shape index (κ2) is 7.94. The molecule has 0 saturated heterocycles. The zero-order chi connectivity index (χ0) is 21.4. The Morgan fingerprint density at radius 2 is 1.77 bits per heavy atom. The number of hydrogen-bond donors (Lipinski definition) is 0. The van der Waals surface area contributed by atoms with E-state index in [1.165, 1.54) is 0 Å². The Morgan fingerprint density at radius 1 is 1.00 bits per heavy atom. The number of rotatable bonds is 5. The fourth-order valence-electron chi connectivity index (χ4n) is 4.19. The second-order valence-electron chi connectivity index (χ2n) is 7.45. The first-order chi connectivity index (χ1) is 15.1. The van der Waals surface area contributed by atoms with E-state index in [4.69, 9.17) is 14.2 Å². The minimum Gasteiger partial charge on any atom is -0.494 e. The second-order valence-corrected chi connectivity index (χ2v) is 9.34. The largest absolute Gasteiger partial charge is 0.494 e. The standard InChI is InChI=1S/C23H24N2O5S/c1-2-28-18-7-5-17(6-8-18)23-20-4-3-11-24(20)12-13-25(23)31(26,27)19-9-10-21-22(16-19)30-15-14-29-21/h3-11,16,23H,2,12-15H2,1H3. The Kier molecular flexibility index (Phi) is 5.11. The van der Waals surface area contributed by atoms with Gasteiger partial charge in [-0.05, 0) is 48.9 Å². The average Bonchev–Trinajstić information content (AvgIpc) is 3.28. The van der Waals surface area contributed by atoms with Crippen LogP contribution in [0.4, 0.5) is 0 Å². The van der Waals surface area contributed by atoms with E-state index in [-0.39, 0.29) is 4.90 Å². The molecule has 3 heterocycles. The lowest BCUT2D eigenvalue weighted by Gasteiger charge is -2.36.